The van der Waals surface area contributed by atoms with Gasteiger partial charge in [-0.05, 0) is 23.1 Å². The number of carbonyl (C=O) groups is 1. The molecule has 0 amide bonds. The van der Waals surface area contributed by atoms with E-state index >= 15 is 0 Å². The van der Waals surface area contributed by atoms with Crippen LogP contribution in [-0.2, 0) is 4.79 Å². The molecular weight excluding hydrogens is 364 g/mol. The van der Waals surface area contributed by atoms with Crippen molar-refractivity contribution in [3.8, 4) is 0 Å². The lowest BCUT2D eigenvalue weighted by Crippen LogP contribution is -2.82. The van der Waals surface area contributed by atoms with Gasteiger partial charge in [0.15, 0.2) is 11.4 Å². The number of ketones is 1. The largest absolute Gasteiger partial charge is 0.412 e. The van der Waals surface area contributed by atoms with E-state index in [1.165, 1.54) is 0 Å². The first-order valence-corrected chi connectivity index (χ1v) is 9.83. The van der Waals surface area contributed by atoms with Gasteiger partial charge in [-0.1, -0.05) is 56.3 Å². The van der Waals surface area contributed by atoms with Gasteiger partial charge in [-0.25, -0.2) is 5.32 Å². The van der Waals surface area contributed by atoms with Crippen LogP contribution in [0.25, 0.3) is 11.1 Å². The molecule has 5 rings (SSSR count). The van der Waals surface area contributed by atoms with Crippen LogP contribution in [0.2, 0.25) is 0 Å². The van der Waals surface area contributed by atoms with Gasteiger partial charge in [0, 0.05) is 12.8 Å². The lowest BCUT2D eigenvalue weighted by atomic mass is 9.73. The minimum Gasteiger partial charge on any atom is -0.412 e. The number of hydrogen-bond acceptors (Lipinski definition) is 5. The Kier molecular flexibility index (Phi) is 4.01. The summed E-state index contributed by atoms with van der Waals surface area (Å²) in [5, 5.41) is 6.60. The molecule has 1 aromatic heterocycles. The predicted molar refractivity (Wildman–Crippen MR) is 111 cm³/mol. The van der Waals surface area contributed by atoms with Crippen LogP contribution in [0.15, 0.2) is 70.3 Å². The van der Waals surface area contributed by atoms with Crippen LogP contribution in [0.1, 0.15) is 38.3 Å². The van der Waals surface area contributed by atoms with Crippen molar-refractivity contribution >= 4 is 28.9 Å². The fraction of sp³-hybridized carbons (Fsp3) is 0.261. The Morgan fingerprint density at radius 1 is 1.10 bits per heavy atom. The van der Waals surface area contributed by atoms with Crippen LogP contribution in [0.5, 0.6) is 0 Å². The molecule has 0 fully saturated rings. The number of aromatic nitrogens is 1. The van der Waals surface area contributed by atoms with E-state index in [0.29, 0.717) is 18.4 Å². The molecule has 1 aliphatic heterocycles. The Balaban J connectivity index is 1.54. The maximum Gasteiger partial charge on any atom is 0.365 e. The van der Waals surface area contributed by atoms with Gasteiger partial charge in [-0.2, -0.15) is 10.3 Å². The summed E-state index contributed by atoms with van der Waals surface area (Å²) in [6, 6.07) is 17.9. The maximum atomic E-state index is 13.0. The van der Waals surface area contributed by atoms with Crippen molar-refractivity contribution in [3.05, 3.63) is 71.4 Å². The highest BCUT2D eigenvalue weighted by molar-refractivity contribution is 6.01. The van der Waals surface area contributed by atoms with Crippen LogP contribution in [0, 0.1) is 5.41 Å². The van der Waals surface area contributed by atoms with Gasteiger partial charge in [0.2, 0.25) is 0 Å². The van der Waals surface area contributed by atoms with Gasteiger partial charge in [-0.15, -0.1) is 0 Å². The Labute approximate surface area is 168 Å². The van der Waals surface area contributed by atoms with E-state index in [0.717, 1.165) is 34.4 Å². The lowest BCUT2D eigenvalue weighted by Gasteiger charge is -2.34. The highest BCUT2D eigenvalue weighted by Crippen LogP contribution is 2.39. The van der Waals surface area contributed by atoms with Crippen molar-refractivity contribution in [2.45, 2.75) is 32.7 Å². The highest BCUT2D eigenvalue weighted by atomic mass is 16.4. The Bertz CT molecular complexity index is 1120. The zero-order chi connectivity index (χ0) is 20.0. The number of rotatable bonds is 2. The number of allylic oxidation sites excluding steroid dienone is 1. The molecule has 2 aromatic carbocycles. The first kappa shape index (κ1) is 17.7. The molecule has 2 aliphatic rings. The number of anilines is 1. The molecule has 0 spiro atoms. The van der Waals surface area contributed by atoms with E-state index in [2.05, 4.69) is 34.5 Å². The van der Waals surface area contributed by atoms with E-state index in [1.807, 2.05) is 54.6 Å². The predicted octanol–water partition coefficient (Wildman–Crippen LogP) is 2.66. The molecule has 0 radical (unpaired) electrons. The highest BCUT2D eigenvalue weighted by Gasteiger charge is 2.42. The molecule has 1 atom stereocenters. The second-order valence-corrected chi connectivity index (χ2v) is 8.43. The molecule has 0 bridgehead atoms. The Morgan fingerprint density at radius 2 is 1.86 bits per heavy atom. The van der Waals surface area contributed by atoms with Crippen LogP contribution >= 0.6 is 0 Å². The molecule has 0 unspecified atom stereocenters. The summed E-state index contributed by atoms with van der Waals surface area (Å²) >= 11 is 0. The number of guanidine groups is 1. The summed E-state index contributed by atoms with van der Waals surface area (Å²) in [4.78, 5) is 20.9. The SMILES string of the molecule is CC1(C)CC(=O)C2=C(C1)NC(Nc1nc3ccccc3o1)=[NH+][C@@H]2c1ccccc1. The van der Waals surface area contributed by atoms with E-state index in [1.54, 1.807) is 0 Å². The van der Waals surface area contributed by atoms with Crippen molar-refractivity contribution in [2.75, 3.05) is 5.32 Å². The number of Topliss-reactive ketones (excluding diaryl/α,β-unsaturated/α-hetero) is 1. The first-order valence-electron chi connectivity index (χ1n) is 9.83. The Morgan fingerprint density at radius 3 is 2.66 bits per heavy atom. The molecule has 3 aromatic rings. The molecular formula is C23H23N4O2+. The summed E-state index contributed by atoms with van der Waals surface area (Å²) in [7, 11) is 0. The van der Waals surface area contributed by atoms with Crippen molar-refractivity contribution in [1.82, 2.24) is 10.3 Å². The minimum atomic E-state index is -0.220. The number of nitrogens with zero attached hydrogens (tertiary/aromatic N) is 1. The van der Waals surface area contributed by atoms with Crippen LogP contribution < -0.4 is 15.6 Å². The topological polar surface area (TPSA) is 81.1 Å². The number of hydrogen-bond donors (Lipinski definition) is 3. The zero-order valence-electron chi connectivity index (χ0n) is 16.5. The first-order chi connectivity index (χ1) is 14.0. The van der Waals surface area contributed by atoms with Crippen LogP contribution in [-0.4, -0.2) is 16.7 Å². The number of nitrogens with one attached hydrogen (secondary N) is 3. The number of oxazole rings is 1. The summed E-state index contributed by atoms with van der Waals surface area (Å²) in [6.07, 6.45) is 1.35. The van der Waals surface area contributed by atoms with Crippen molar-refractivity contribution in [3.63, 3.8) is 0 Å². The summed E-state index contributed by atoms with van der Waals surface area (Å²) < 4.78 is 5.80. The van der Waals surface area contributed by atoms with Crippen molar-refractivity contribution in [2.24, 2.45) is 5.41 Å². The molecule has 2 heterocycles. The molecule has 6 heteroatoms. The number of para-hydroxylation sites is 2. The fourth-order valence-electron chi connectivity index (χ4n) is 4.18. The van der Waals surface area contributed by atoms with Crippen LogP contribution in [0.4, 0.5) is 6.01 Å². The molecule has 29 heavy (non-hydrogen) atoms. The Hall–Kier alpha value is -3.41. The quantitative estimate of drug-likeness (QED) is 0.630. The van der Waals surface area contributed by atoms with E-state index in [9.17, 15) is 4.79 Å². The standard InChI is InChI=1S/C23H22N4O2/c1-23(2)12-16-19(17(28)13-23)20(14-8-4-3-5-9-14)26-21(24-16)27-22-25-15-10-6-7-11-18(15)29-22/h3-11,20H,12-13H2,1-2H3,(H2,24,25,26,27)/p+1/t20-/m1/s1. The summed E-state index contributed by atoms with van der Waals surface area (Å²) in [5.41, 5.74) is 4.26. The number of benzene rings is 2. The smallest absolute Gasteiger partial charge is 0.365 e. The number of carbonyl (C=O) groups excluding carboxylic acids is 1. The van der Waals surface area contributed by atoms with Gasteiger partial charge in [0.25, 0.3) is 0 Å². The monoisotopic (exact) mass is 387 g/mol. The van der Waals surface area contributed by atoms with E-state index < -0.39 is 0 Å². The molecule has 6 nitrogen and oxygen atoms in total. The van der Waals surface area contributed by atoms with E-state index in [4.69, 9.17) is 4.42 Å². The van der Waals surface area contributed by atoms with Gasteiger partial charge in [-0.3, -0.25) is 9.79 Å². The van der Waals surface area contributed by atoms with Gasteiger partial charge in [0.1, 0.15) is 11.6 Å². The lowest BCUT2D eigenvalue weighted by molar-refractivity contribution is -0.502. The average molecular weight is 387 g/mol. The molecule has 3 N–H and O–H groups in total. The van der Waals surface area contributed by atoms with Gasteiger partial charge < -0.3 is 4.42 Å². The van der Waals surface area contributed by atoms with E-state index in [-0.39, 0.29) is 17.2 Å². The van der Waals surface area contributed by atoms with Crippen molar-refractivity contribution in [1.29, 1.82) is 0 Å². The zero-order valence-corrected chi connectivity index (χ0v) is 16.5. The second-order valence-electron chi connectivity index (χ2n) is 8.43. The minimum absolute atomic E-state index is 0.0791. The third-order valence-electron chi connectivity index (χ3n) is 5.43. The van der Waals surface area contributed by atoms with Gasteiger partial charge >= 0.3 is 12.0 Å². The maximum absolute atomic E-state index is 13.0. The molecule has 1 aliphatic carbocycles. The average Bonchev–Trinajstić information content (AvgIpc) is 3.09. The van der Waals surface area contributed by atoms with Crippen molar-refractivity contribution < 1.29 is 14.2 Å². The number of fused-ring (bicyclic) bond motifs is 1. The van der Waals surface area contributed by atoms with Gasteiger partial charge in [0.05, 0.1) is 11.3 Å². The second kappa shape index (κ2) is 6.58. The molecule has 146 valence electrons. The van der Waals surface area contributed by atoms with Crippen LogP contribution in [0.3, 0.4) is 0 Å². The fourth-order valence-corrected chi connectivity index (χ4v) is 4.18. The molecule has 0 saturated heterocycles. The summed E-state index contributed by atoms with van der Waals surface area (Å²) in [6.45, 7) is 4.26. The third-order valence-corrected chi connectivity index (χ3v) is 5.43. The normalized spacial score (nSPS) is 20.8. The summed E-state index contributed by atoms with van der Waals surface area (Å²) in [5.74, 6) is 0.848. The third kappa shape index (κ3) is 3.31. The molecule has 0 saturated carbocycles.